The Morgan fingerprint density at radius 1 is 1.22 bits per heavy atom. The second-order valence-electron chi connectivity index (χ2n) is 6.22. The maximum absolute atomic E-state index is 12.6. The number of rotatable bonds is 5. The van der Waals surface area contributed by atoms with Gasteiger partial charge >= 0.3 is 0 Å². The fourth-order valence-corrected chi connectivity index (χ4v) is 3.33. The van der Waals surface area contributed by atoms with Gasteiger partial charge in [-0.3, -0.25) is 9.59 Å². The van der Waals surface area contributed by atoms with E-state index in [0.29, 0.717) is 17.9 Å². The van der Waals surface area contributed by atoms with Gasteiger partial charge in [0.15, 0.2) is 0 Å². The van der Waals surface area contributed by atoms with Crippen LogP contribution in [0.5, 0.6) is 0 Å². The lowest BCUT2D eigenvalue weighted by molar-refractivity contribution is -0.132. The molecule has 1 N–H and O–H groups in total. The first-order chi connectivity index (χ1) is 11.0. The zero-order chi connectivity index (χ0) is 16.8. The van der Waals surface area contributed by atoms with Crippen LogP contribution in [-0.2, 0) is 9.59 Å². The van der Waals surface area contributed by atoms with E-state index in [1.807, 2.05) is 30.0 Å². The lowest BCUT2D eigenvalue weighted by Gasteiger charge is -2.29. The van der Waals surface area contributed by atoms with Gasteiger partial charge in [0.25, 0.3) is 0 Å². The predicted molar refractivity (Wildman–Crippen MR) is 92.7 cm³/mol. The fraction of sp³-hybridized carbons (Fsp3) is 0.556. The van der Waals surface area contributed by atoms with Gasteiger partial charge < -0.3 is 10.2 Å². The predicted octanol–water partition coefficient (Wildman–Crippen LogP) is 3.27. The van der Waals surface area contributed by atoms with E-state index in [1.165, 1.54) is 6.42 Å². The van der Waals surface area contributed by atoms with Crippen molar-refractivity contribution in [3.05, 3.63) is 34.3 Å². The summed E-state index contributed by atoms with van der Waals surface area (Å²) in [5.74, 6) is -0.0538. The molecular formula is C18H25ClN2O2. The van der Waals surface area contributed by atoms with Gasteiger partial charge in [-0.1, -0.05) is 17.7 Å². The van der Waals surface area contributed by atoms with Gasteiger partial charge in [-0.2, -0.15) is 0 Å². The van der Waals surface area contributed by atoms with E-state index in [2.05, 4.69) is 5.32 Å². The van der Waals surface area contributed by atoms with Crippen molar-refractivity contribution in [3.63, 3.8) is 0 Å². The number of aryl methyl sites for hydroxylation is 1. The van der Waals surface area contributed by atoms with Crippen LogP contribution in [0.2, 0.25) is 5.02 Å². The van der Waals surface area contributed by atoms with Crippen molar-refractivity contribution in [1.82, 2.24) is 10.2 Å². The number of amides is 2. The first kappa shape index (κ1) is 17.8. The minimum absolute atomic E-state index is 0.0548. The van der Waals surface area contributed by atoms with Gasteiger partial charge in [0.1, 0.15) is 0 Å². The molecule has 0 spiro atoms. The number of halogens is 1. The highest BCUT2D eigenvalue weighted by Gasteiger charge is 2.24. The molecule has 1 saturated heterocycles. The summed E-state index contributed by atoms with van der Waals surface area (Å²) in [4.78, 5) is 26.4. The van der Waals surface area contributed by atoms with Crippen molar-refractivity contribution in [3.8, 4) is 0 Å². The first-order valence-electron chi connectivity index (χ1n) is 8.25. The molecule has 1 aliphatic heterocycles. The lowest BCUT2D eigenvalue weighted by Crippen LogP contribution is -2.36. The molecule has 23 heavy (non-hydrogen) atoms. The van der Waals surface area contributed by atoms with E-state index in [9.17, 15) is 9.59 Å². The van der Waals surface area contributed by atoms with E-state index in [1.54, 1.807) is 7.05 Å². The second-order valence-corrected chi connectivity index (χ2v) is 6.66. The summed E-state index contributed by atoms with van der Waals surface area (Å²) in [6.07, 6.45) is 3.99. The number of likely N-dealkylation sites (tertiary alicyclic amines) is 1. The number of carbonyl (C=O) groups excluding carboxylic acids is 2. The van der Waals surface area contributed by atoms with Crippen LogP contribution in [0.4, 0.5) is 0 Å². The van der Waals surface area contributed by atoms with Gasteiger partial charge in [0, 0.05) is 43.9 Å². The highest BCUT2D eigenvalue weighted by molar-refractivity contribution is 6.30. The molecule has 1 aliphatic rings. The Morgan fingerprint density at radius 2 is 1.91 bits per heavy atom. The van der Waals surface area contributed by atoms with Crippen LogP contribution in [0.15, 0.2) is 18.2 Å². The summed E-state index contributed by atoms with van der Waals surface area (Å²) in [5.41, 5.74) is 2.06. The van der Waals surface area contributed by atoms with Crippen LogP contribution in [0.3, 0.4) is 0 Å². The molecule has 0 bridgehead atoms. The average Bonchev–Trinajstić information content (AvgIpc) is 2.57. The molecule has 1 aromatic carbocycles. The number of benzene rings is 1. The summed E-state index contributed by atoms with van der Waals surface area (Å²) in [6.45, 7) is 3.66. The van der Waals surface area contributed by atoms with Crippen LogP contribution in [0.25, 0.3) is 0 Å². The molecule has 1 heterocycles. The van der Waals surface area contributed by atoms with Gasteiger partial charge in [-0.05, 0) is 49.4 Å². The molecule has 0 saturated carbocycles. The maximum atomic E-state index is 12.6. The van der Waals surface area contributed by atoms with Crippen LogP contribution in [-0.4, -0.2) is 36.9 Å². The molecule has 1 fully saturated rings. The Hall–Kier alpha value is -1.55. The summed E-state index contributed by atoms with van der Waals surface area (Å²) in [5, 5.41) is 3.29. The van der Waals surface area contributed by atoms with Crippen molar-refractivity contribution in [2.45, 2.75) is 44.9 Å². The summed E-state index contributed by atoms with van der Waals surface area (Å²) < 4.78 is 0. The number of nitrogens with one attached hydrogen (secondary N) is 1. The summed E-state index contributed by atoms with van der Waals surface area (Å²) >= 11 is 6.12. The Bertz CT molecular complexity index is 568. The molecule has 0 aromatic heterocycles. The monoisotopic (exact) mass is 336 g/mol. The van der Waals surface area contributed by atoms with E-state index in [-0.39, 0.29) is 17.7 Å². The fourth-order valence-electron chi connectivity index (χ4n) is 3.15. The molecule has 0 radical (unpaired) electrons. The Morgan fingerprint density at radius 3 is 2.57 bits per heavy atom. The number of piperidine rings is 1. The first-order valence-corrected chi connectivity index (χ1v) is 8.63. The number of nitrogens with zero attached hydrogens (tertiary/aromatic N) is 1. The van der Waals surface area contributed by atoms with Crippen molar-refractivity contribution < 1.29 is 9.59 Å². The number of hydrogen-bond acceptors (Lipinski definition) is 2. The Labute approximate surface area is 143 Å². The zero-order valence-corrected chi connectivity index (χ0v) is 14.7. The molecule has 0 aliphatic carbocycles. The SMILES string of the molecule is CNC(=O)C[C@@H](CC(=O)N1CCCCC1)c1cc(Cl)ccc1C. The van der Waals surface area contributed by atoms with E-state index < -0.39 is 0 Å². The van der Waals surface area contributed by atoms with Crippen LogP contribution in [0, 0.1) is 6.92 Å². The van der Waals surface area contributed by atoms with E-state index >= 15 is 0 Å². The summed E-state index contributed by atoms with van der Waals surface area (Å²) in [6, 6.07) is 5.66. The third-order valence-corrected chi connectivity index (χ3v) is 4.76. The smallest absolute Gasteiger partial charge is 0.223 e. The van der Waals surface area contributed by atoms with Crippen molar-refractivity contribution >= 4 is 23.4 Å². The second kappa shape index (κ2) is 8.34. The van der Waals surface area contributed by atoms with Crippen LogP contribution in [0.1, 0.15) is 49.1 Å². The van der Waals surface area contributed by atoms with Gasteiger partial charge in [0.05, 0.1) is 0 Å². The summed E-state index contributed by atoms with van der Waals surface area (Å²) in [7, 11) is 1.62. The van der Waals surface area contributed by atoms with Gasteiger partial charge in [0.2, 0.25) is 11.8 Å². The molecule has 1 atom stereocenters. The van der Waals surface area contributed by atoms with E-state index in [4.69, 9.17) is 11.6 Å². The van der Waals surface area contributed by atoms with Crippen molar-refractivity contribution in [2.75, 3.05) is 20.1 Å². The normalized spacial score (nSPS) is 16.0. The van der Waals surface area contributed by atoms with Crippen LogP contribution < -0.4 is 5.32 Å². The van der Waals surface area contributed by atoms with Gasteiger partial charge in [-0.25, -0.2) is 0 Å². The quantitative estimate of drug-likeness (QED) is 0.897. The zero-order valence-electron chi connectivity index (χ0n) is 13.9. The minimum atomic E-state index is -0.136. The molecule has 2 rings (SSSR count). The van der Waals surface area contributed by atoms with Crippen molar-refractivity contribution in [2.24, 2.45) is 0 Å². The standard InChI is InChI=1S/C18H25ClN2O2/c1-13-6-7-15(19)12-16(13)14(10-17(22)20-2)11-18(23)21-8-4-3-5-9-21/h6-7,12,14H,3-5,8-11H2,1-2H3,(H,20,22)/t14-/m0/s1. The van der Waals surface area contributed by atoms with Crippen LogP contribution >= 0.6 is 11.6 Å². The Kier molecular flexibility index (Phi) is 6.46. The van der Waals surface area contributed by atoms with Gasteiger partial charge in [-0.15, -0.1) is 0 Å². The number of carbonyl (C=O) groups is 2. The third kappa shape index (κ3) is 4.96. The molecule has 1 aromatic rings. The average molecular weight is 337 g/mol. The highest BCUT2D eigenvalue weighted by Crippen LogP contribution is 2.30. The molecule has 0 unspecified atom stereocenters. The third-order valence-electron chi connectivity index (χ3n) is 4.52. The molecule has 126 valence electrons. The molecular weight excluding hydrogens is 312 g/mol. The largest absolute Gasteiger partial charge is 0.359 e. The molecule has 2 amide bonds. The highest BCUT2D eigenvalue weighted by atomic mass is 35.5. The maximum Gasteiger partial charge on any atom is 0.223 e. The molecule has 5 heteroatoms. The minimum Gasteiger partial charge on any atom is -0.359 e. The van der Waals surface area contributed by atoms with E-state index in [0.717, 1.165) is 37.1 Å². The van der Waals surface area contributed by atoms with Crippen molar-refractivity contribution in [1.29, 1.82) is 0 Å². The number of hydrogen-bond donors (Lipinski definition) is 1. The topological polar surface area (TPSA) is 49.4 Å². The Balaban J connectivity index is 2.17. The molecule has 4 nitrogen and oxygen atoms in total. The lowest BCUT2D eigenvalue weighted by atomic mass is 9.88.